The fourth-order valence-electron chi connectivity index (χ4n) is 2.94. The minimum absolute atomic E-state index is 0.470. The second-order valence-electron chi connectivity index (χ2n) is 5.83. The summed E-state index contributed by atoms with van der Waals surface area (Å²) in [4.78, 5) is 0. The fourth-order valence-corrected chi connectivity index (χ4v) is 3.66. The smallest absolute Gasteiger partial charge is 0.0530 e. The molecular weight excluding hydrogens is 264 g/mol. The van der Waals surface area contributed by atoms with Crippen LogP contribution in [-0.4, -0.2) is 18.5 Å². The van der Waals surface area contributed by atoms with Gasteiger partial charge in [0.25, 0.3) is 0 Å². The molecule has 0 heterocycles. The number of ether oxygens (including phenoxy) is 1. The van der Waals surface area contributed by atoms with Crippen LogP contribution in [0.15, 0.2) is 0 Å². The number of halogens is 1. The molecule has 0 aromatic heterocycles. The number of alkyl halides is 1. The summed E-state index contributed by atoms with van der Waals surface area (Å²) in [6.07, 6.45) is 12.6. The first kappa shape index (κ1) is 12.9. The Bertz CT molecular complexity index is 195. The van der Waals surface area contributed by atoms with Crippen molar-refractivity contribution in [3.05, 3.63) is 0 Å². The molecule has 0 radical (unpaired) electrons. The Morgan fingerprint density at radius 3 is 2.38 bits per heavy atom. The molecule has 0 atom stereocenters. The second kappa shape index (κ2) is 6.39. The summed E-state index contributed by atoms with van der Waals surface area (Å²) < 4.78 is 5.94. The molecule has 0 aromatic rings. The van der Waals surface area contributed by atoms with E-state index < -0.39 is 0 Å². The Hall–Kier alpha value is 0.440. The maximum atomic E-state index is 5.94. The maximum absolute atomic E-state index is 5.94. The van der Waals surface area contributed by atoms with E-state index in [1.165, 1.54) is 57.8 Å². The van der Waals surface area contributed by atoms with Crippen molar-refractivity contribution in [2.45, 2.75) is 57.8 Å². The Labute approximate surface area is 108 Å². The first-order valence-electron chi connectivity index (χ1n) is 6.98. The lowest BCUT2D eigenvalue weighted by Crippen LogP contribution is -2.31. The predicted molar refractivity (Wildman–Crippen MR) is 72.1 cm³/mol. The third kappa shape index (κ3) is 3.46. The highest BCUT2D eigenvalue weighted by Gasteiger charge is 2.31. The van der Waals surface area contributed by atoms with Crippen LogP contribution >= 0.6 is 15.9 Å². The van der Waals surface area contributed by atoms with Gasteiger partial charge < -0.3 is 4.74 Å². The van der Waals surface area contributed by atoms with E-state index in [2.05, 4.69) is 15.9 Å². The molecule has 1 nitrogen and oxygen atoms in total. The minimum Gasteiger partial charge on any atom is -0.381 e. The highest BCUT2D eigenvalue weighted by atomic mass is 79.9. The molecule has 2 rings (SSSR count). The summed E-state index contributed by atoms with van der Waals surface area (Å²) in [6, 6.07) is 0. The van der Waals surface area contributed by atoms with Gasteiger partial charge in [0.05, 0.1) is 6.61 Å². The molecule has 0 spiro atoms. The van der Waals surface area contributed by atoms with Crippen LogP contribution in [0.1, 0.15) is 57.8 Å². The fraction of sp³-hybridized carbons (Fsp3) is 1.00. The van der Waals surface area contributed by atoms with E-state index in [0.29, 0.717) is 5.41 Å². The van der Waals surface area contributed by atoms with E-state index in [1.54, 1.807) is 0 Å². The van der Waals surface area contributed by atoms with Crippen LogP contribution in [0.25, 0.3) is 0 Å². The standard InChI is InChI=1S/C14H25BrO/c15-11-14(8-2-1-3-9-14)12-16-10-7-13-5-4-6-13/h13H,1-12H2. The SMILES string of the molecule is BrCC1(COCCC2CCC2)CCCCC1. The molecule has 2 fully saturated rings. The zero-order valence-corrected chi connectivity index (χ0v) is 11.9. The van der Waals surface area contributed by atoms with Gasteiger partial charge in [0.15, 0.2) is 0 Å². The van der Waals surface area contributed by atoms with Crippen LogP contribution in [0.5, 0.6) is 0 Å². The van der Waals surface area contributed by atoms with Gasteiger partial charge in [-0.2, -0.15) is 0 Å². The number of rotatable bonds is 6. The van der Waals surface area contributed by atoms with Crippen LogP contribution in [-0.2, 0) is 4.74 Å². The van der Waals surface area contributed by atoms with E-state index >= 15 is 0 Å². The molecule has 2 saturated carbocycles. The molecule has 0 amide bonds. The van der Waals surface area contributed by atoms with E-state index in [9.17, 15) is 0 Å². The molecule has 16 heavy (non-hydrogen) atoms. The van der Waals surface area contributed by atoms with E-state index in [0.717, 1.165) is 24.5 Å². The molecule has 0 aliphatic heterocycles. The Kier molecular flexibility index (Phi) is 5.15. The average molecular weight is 289 g/mol. The lowest BCUT2D eigenvalue weighted by molar-refractivity contribution is 0.0246. The minimum atomic E-state index is 0.470. The third-order valence-corrected chi connectivity index (χ3v) is 5.69. The largest absolute Gasteiger partial charge is 0.381 e. The Morgan fingerprint density at radius 1 is 1.06 bits per heavy atom. The van der Waals surface area contributed by atoms with Gasteiger partial charge in [-0.15, -0.1) is 0 Å². The Morgan fingerprint density at radius 2 is 1.81 bits per heavy atom. The molecule has 0 unspecified atom stereocenters. The normalized spacial score (nSPS) is 25.3. The van der Waals surface area contributed by atoms with Crippen molar-refractivity contribution >= 4 is 15.9 Å². The maximum Gasteiger partial charge on any atom is 0.0530 e. The van der Waals surface area contributed by atoms with Crippen molar-refractivity contribution in [1.29, 1.82) is 0 Å². The van der Waals surface area contributed by atoms with Crippen molar-refractivity contribution in [2.75, 3.05) is 18.5 Å². The highest BCUT2D eigenvalue weighted by Crippen LogP contribution is 2.38. The van der Waals surface area contributed by atoms with Gasteiger partial charge >= 0.3 is 0 Å². The summed E-state index contributed by atoms with van der Waals surface area (Å²) >= 11 is 3.69. The second-order valence-corrected chi connectivity index (χ2v) is 6.39. The summed E-state index contributed by atoms with van der Waals surface area (Å²) in [5.41, 5.74) is 0.470. The lowest BCUT2D eigenvalue weighted by Gasteiger charge is -2.35. The first-order chi connectivity index (χ1) is 7.85. The summed E-state index contributed by atoms with van der Waals surface area (Å²) in [5, 5.41) is 1.13. The van der Waals surface area contributed by atoms with E-state index in [1.807, 2.05) is 0 Å². The molecule has 94 valence electrons. The van der Waals surface area contributed by atoms with Gasteiger partial charge in [-0.05, 0) is 25.2 Å². The third-order valence-electron chi connectivity index (χ3n) is 4.50. The molecule has 2 heteroatoms. The topological polar surface area (TPSA) is 9.23 Å². The summed E-state index contributed by atoms with van der Waals surface area (Å²) in [6.45, 7) is 1.99. The van der Waals surface area contributed by atoms with Crippen molar-refractivity contribution in [2.24, 2.45) is 11.3 Å². The van der Waals surface area contributed by atoms with E-state index in [-0.39, 0.29) is 0 Å². The molecule has 0 aromatic carbocycles. The molecule has 0 bridgehead atoms. The number of hydrogen-bond acceptors (Lipinski definition) is 1. The van der Waals surface area contributed by atoms with Crippen molar-refractivity contribution < 1.29 is 4.74 Å². The zero-order chi connectivity index (χ0) is 11.3. The van der Waals surface area contributed by atoms with Crippen LogP contribution in [0, 0.1) is 11.3 Å². The van der Waals surface area contributed by atoms with Crippen molar-refractivity contribution in [3.63, 3.8) is 0 Å². The summed E-state index contributed by atoms with van der Waals surface area (Å²) in [5.74, 6) is 0.992. The van der Waals surface area contributed by atoms with Gasteiger partial charge in [-0.1, -0.05) is 54.5 Å². The van der Waals surface area contributed by atoms with Crippen molar-refractivity contribution in [3.8, 4) is 0 Å². The number of hydrogen-bond donors (Lipinski definition) is 0. The predicted octanol–water partition coefficient (Wildman–Crippen LogP) is 4.54. The Balaban J connectivity index is 1.61. The molecule has 0 N–H and O–H groups in total. The van der Waals surface area contributed by atoms with Gasteiger partial charge in [0.2, 0.25) is 0 Å². The van der Waals surface area contributed by atoms with E-state index in [4.69, 9.17) is 4.74 Å². The van der Waals surface area contributed by atoms with Crippen molar-refractivity contribution in [1.82, 2.24) is 0 Å². The average Bonchev–Trinajstić information content (AvgIpc) is 2.28. The molecule has 2 aliphatic carbocycles. The monoisotopic (exact) mass is 288 g/mol. The van der Waals surface area contributed by atoms with Crippen LogP contribution < -0.4 is 0 Å². The van der Waals surface area contributed by atoms with Gasteiger partial charge in [0.1, 0.15) is 0 Å². The zero-order valence-electron chi connectivity index (χ0n) is 10.3. The van der Waals surface area contributed by atoms with Crippen LogP contribution in [0.4, 0.5) is 0 Å². The highest BCUT2D eigenvalue weighted by molar-refractivity contribution is 9.09. The quantitative estimate of drug-likeness (QED) is 0.515. The van der Waals surface area contributed by atoms with Crippen LogP contribution in [0.3, 0.4) is 0 Å². The van der Waals surface area contributed by atoms with Crippen LogP contribution in [0.2, 0.25) is 0 Å². The van der Waals surface area contributed by atoms with Gasteiger partial charge in [0, 0.05) is 17.4 Å². The first-order valence-corrected chi connectivity index (χ1v) is 8.11. The summed E-state index contributed by atoms with van der Waals surface area (Å²) in [7, 11) is 0. The molecule has 2 aliphatic rings. The lowest BCUT2D eigenvalue weighted by atomic mass is 9.76. The molecular formula is C14H25BrO. The molecule has 0 saturated heterocycles. The van der Waals surface area contributed by atoms with Gasteiger partial charge in [-0.25, -0.2) is 0 Å². The van der Waals surface area contributed by atoms with Gasteiger partial charge in [-0.3, -0.25) is 0 Å².